The molecule has 0 aromatic heterocycles. The molecule has 1 amide bonds. The van der Waals surface area contributed by atoms with Gasteiger partial charge in [0.05, 0.1) is 0 Å². The molecule has 94 valence electrons. The lowest BCUT2D eigenvalue weighted by Crippen LogP contribution is -2.41. The van der Waals surface area contributed by atoms with Crippen LogP contribution in [0.5, 0.6) is 0 Å². The number of benzene rings is 2. The maximum atomic E-state index is 11.0. The molecule has 0 aliphatic rings. The summed E-state index contributed by atoms with van der Waals surface area (Å²) in [6.45, 7) is 0. The molecule has 0 aliphatic heterocycles. The number of rotatable bonds is 4. The van der Waals surface area contributed by atoms with Crippen LogP contribution in [-0.4, -0.2) is 30.8 Å². The number of carbonyl (C=O) groups is 2. The molecule has 0 unspecified atom stereocenters. The Kier molecular flexibility index (Phi) is 3.85. The predicted octanol–water partition coefficient (Wildman–Crippen LogP) is 1.71. The van der Waals surface area contributed by atoms with Crippen molar-refractivity contribution in [2.45, 2.75) is 12.5 Å². The monoisotopic (exact) mass is 253 g/mol. The van der Waals surface area contributed by atoms with Crippen molar-refractivity contribution in [1.82, 2.24) is 5.32 Å². The van der Waals surface area contributed by atoms with Gasteiger partial charge in [-0.25, -0.2) is 4.79 Å². The first kappa shape index (κ1) is 13.1. The number of nitrogens with one attached hydrogen (secondary N) is 1. The van der Waals surface area contributed by atoms with Crippen LogP contribution in [0.15, 0.2) is 42.5 Å². The van der Waals surface area contributed by atoms with Gasteiger partial charge < -0.3 is 10.4 Å². The highest BCUT2D eigenvalue weighted by Gasteiger charge is 2.18. The molecule has 2 N–H and O–H groups in total. The Morgan fingerprint density at radius 1 is 1.16 bits per heavy atom. The maximum Gasteiger partial charge on any atom is 0.326 e. The molecule has 0 bridgehead atoms. The third-order valence-electron chi connectivity index (χ3n) is 2.87. The van der Waals surface area contributed by atoms with Gasteiger partial charge in [0.2, 0.25) is 7.85 Å². The SMILES string of the molecule is [B]C(=O)N[C@@H](Cc1ccc2ccccc2c1)C(=O)O. The first-order valence-corrected chi connectivity index (χ1v) is 5.83. The van der Waals surface area contributed by atoms with E-state index in [0.29, 0.717) is 0 Å². The largest absolute Gasteiger partial charge is 0.480 e. The van der Waals surface area contributed by atoms with Crippen molar-refractivity contribution in [1.29, 1.82) is 0 Å². The molecule has 0 saturated heterocycles. The summed E-state index contributed by atoms with van der Waals surface area (Å²) in [5.74, 6) is -1.94. The Hall–Kier alpha value is -2.30. The van der Waals surface area contributed by atoms with Crippen molar-refractivity contribution in [2.75, 3.05) is 0 Å². The molecule has 2 aromatic rings. The molecule has 1 atom stereocenters. The van der Waals surface area contributed by atoms with Gasteiger partial charge in [0.1, 0.15) is 6.04 Å². The van der Waals surface area contributed by atoms with Crippen LogP contribution in [0.4, 0.5) is 4.79 Å². The number of fused-ring (bicyclic) bond motifs is 1. The van der Waals surface area contributed by atoms with Crippen molar-refractivity contribution in [2.24, 2.45) is 0 Å². The van der Waals surface area contributed by atoms with Crippen LogP contribution in [0.3, 0.4) is 0 Å². The van der Waals surface area contributed by atoms with Crippen LogP contribution < -0.4 is 5.32 Å². The average molecular weight is 253 g/mol. The second-order valence-electron chi connectivity index (χ2n) is 4.29. The van der Waals surface area contributed by atoms with Gasteiger partial charge >= 0.3 is 5.97 Å². The summed E-state index contributed by atoms with van der Waals surface area (Å²) < 4.78 is 0. The summed E-state index contributed by atoms with van der Waals surface area (Å²) in [6, 6.07) is 12.5. The van der Waals surface area contributed by atoms with Crippen LogP contribution in [0.1, 0.15) is 5.56 Å². The second-order valence-corrected chi connectivity index (χ2v) is 4.29. The molecule has 0 spiro atoms. The minimum absolute atomic E-state index is 0.198. The van der Waals surface area contributed by atoms with E-state index in [1.165, 1.54) is 0 Å². The summed E-state index contributed by atoms with van der Waals surface area (Å²) in [5.41, 5.74) is 0.833. The molecule has 5 heteroatoms. The van der Waals surface area contributed by atoms with Gasteiger partial charge in [-0.05, 0) is 16.3 Å². The van der Waals surface area contributed by atoms with Crippen molar-refractivity contribution >= 4 is 30.4 Å². The van der Waals surface area contributed by atoms with E-state index in [9.17, 15) is 9.59 Å². The molecular formula is C14H12BNO3. The Labute approximate surface area is 111 Å². The summed E-state index contributed by atoms with van der Waals surface area (Å²) in [7, 11) is 4.96. The van der Waals surface area contributed by atoms with E-state index in [0.717, 1.165) is 16.3 Å². The number of amides is 1. The third kappa shape index (κ3) is 3.34. The Morgan fingerprint density at radius 2 is 1.84 bits per heavy atom. The summed E-state index contributed by atoms with van der Waals surface area (Å²) in [4.78, 5) is 21.8. The van der Waals surface area contributed by atoms with E-state index in [-0.39, 0.29) is 6.42 Å². The van der Waals surface area contributed by atoms with Gasteiger partial charge in [-0.15, -0.1) is 0 Å². The second kappa shape index (κ2) is 5.56. The maximum absolute atomic E-state index is 11.0. The lowest BCUT2D eigenvalue weighted by atomic mass is 10.0. The van der Waals surface area contributed by atoms with E-state index in [1.807, 2.05) is 42.5 Å². The molecule has 0 saturated carbocycles. The lowest BCUT2D eigenvalue weighted by Gasteiger charge is -2.14. The third-order valence-corrected chi connectivity index (χ3v) is 2.87. The van der Waals surface area contributed by atoms with Crippen molar-refractivity contribution in [3.05, 3.63) is 48.0 Å². The molecule has 0 aliphatic carbocycles. The summed E-state index contributed by atoms with van der Waals surface area (Å²) in [5, 5.41) is 13.4. The zero-order valence-electron chi connectivity index (χ0n) is 10.2. The molecular weight excluding hydrogens is 241 g/mol. The van der Waals surface area contributed by atoms with E-state index in [4.69, 9.17) is 13.0 Å². The first-order valence-electron chi connectivity index (χ1n) is 5.83. The highest BCUT2D eigenvalue weighted by Crippen LogP contribution is 2.16. The molecule has 19 heavy (non-hydrogen) atoms. The van der Waals surface area contributed by atoms with Gasteiger partial charge in [-0.2, -0.15) is 0 Å². The Morgan fingerprint density at radius 3 is 2.47 bits per heavy atom. The van der Waals surface area contributed by atoms with Crippen LogP contribution in [-0.2, 0) is 11.2 Å². The fourth-order valence-electron chi connectivity index (χ4n) is 1.97. The minimum Gasteiger partial charge on any atom is -0.480 e. The molecule has 2 rings (SSSR count). The molecule has 2 aromatic carbocycles. The van der Waals surface area contributed by atoms with E-state index in [1.54, 1.807) is 0 Å². The fourth-order valence-corrected chi connectivity index (χ4v) is 1.97. The van der Waals surface area contributed by atoms with Gasteiger partial charge in [0.25, 0.3) is 0 Å². The number of carboxylic acid groups (broad SMARTS) is 1. The number of hydrogen-bond acceptors (Lipinski definition) is 2. The fraction of sp³-hybridized carbons (Fsp3) is 0.143. The topological polar surface area (TPSA) is 66.4 Å². The molecule has 4 nitrogen and oxygen atoms in total. The smallest absolute Gasteiger partial charge is 0.326 e. The quantitative estimate of drug-likeness (QED) is 0.815. The van der Waals surface area contributed by atoms with E-state index in [2.05, 4.69) is 5.32 Å². The van der Waals surface area contributed by atoms with Crippen molar-refractivity contribution in [3.63, 3.8) is 0 Å². The van der Waals surface area contributed by atoms with Gasteiger partial charge in [0.15, 0.2) is 5.81 Å². The van der Waals surface area contributed by atoms with Crippen molar-refractivity contribution < 1.29 is 14.7 Å². The normalized spacial score (nSPS) is 12.0. The predicted molar refractivity (Wildman–Crippen MR) is 73.4 cm³/mol. The van der Waals surface area contributed by atoms with Gasteiger partial charge in [0, 0.05) is 6.42 Å². The Bertz CT molecular complexity index is 627. The molecule has 2 radical (unpaired) electrons. The zero-order valence-corrected chi connectivity index (χ0v) is 10.2. The first-order chi connectivity index (χ1) is 9.06. The van der Waals surface area contributed by atoms with E-state index < -0.39 is 17.8 Å². The number of hydrogen-bond donors (Lipinski definition) is 2. The molecule has 0 heterocycles. The highest BCUT2D eigenvalue weighted by atomic mass is 16.4. The minimum atomic E-state index is -1.10. The van der Waals surface area contributed by atoms with Crippen molar-refractivity contribution in [3.8, 4) is 0 Å². The van der Waals surface area contributed by atoms with Crippen LogP contribution in [0.25, 0.3) is 10.8 Å². The van der Waals surface area contributed by atoms with Crippen LogP contribution in [0, 0.1) is 0 Å². The van der Waals surface area contributed by atoms with Crippen LogP contribution in [0.2, 0.25) is 0 Å². The lowest BCUT2D eigenvalue weighted by molar-refractivity contribution is -0.139. The number of carboxylic acids is 1. The van der Waals surface area contributed by atoms with Gasteiger partial charge in [-0.3, -0.25) is 4.79 Å². The van der Waals surface area contributed by atoms with E-state index >= 15 is 0 Å². The van der Waals surface area contributed by atoms with Crippen LogP contribution >= 0.6 is 0 Å². The summed E-state index contributed by atoms with van der Waals surface area (Å²) in [6.07, 6.45) is 0.198. The zero-order chi connectivity index (χ0) is 13.8. The number of carbonyl (C=O) groups excluding carboxylic acids is 1. The summed E-state index contributed by atoms with van der Waals surface area (Å²) >= 11 is 0. The number of aliphatic carboxylic acids is 1. The molecule has 0 fully saturated rings. The van der Waals surface area contributed by atoms with Gasteiger partial charge in [-0.1, -0.05) is 42.5 Å². The average Bonchev–Trinajstić information content (AvgIpc) is 2.37. The Balaban J connectivity index is 2.23. The highest BCUT2D eigenvalue weighted by molar-refractivity contribution is 6.57. The standard InChI is InChI=1S/C14H12BNO3/c15-14(19)16-12(13(17)18)8-9-5-6-10-3-1-2-4-11(10)7-9/h1-7,12H,8H2,(H,16,19)(H,17,18)/t12-/m0/s1.